The lowest BCUT2D eigenvalue weighted by Crippen LogP contribution is -2.48. The lowest BCUT2D eigenvalue weighted by Gasteiger charge is -2.26. The summed E-state index contributed by atoms with van der Waals surface area (Å²) in [6.07, 6.45) is 4.42. The van der Waals surface area contributed by atoms with Gasteiger partial charge < -0.3 is 14.1 Å². The van der Waals surface area contributed by atoms with Crippen molar-refractivity contribution in [1.82, 2.24) is 25.3 Å². The summed E-state index contributed by atoms with van der Waals surface area (Å²) in [4.78, 5) is 22.8. The summed E-state index contributed by atoms with van der Waals surface area (Å²) in [6.45, 7) is 6.75. The molecule has 35 heavy (non-hydrogen) atoms. The molecule has 0 bridgehead atoms. The third-order valence-electron chi connectivity index (χ3n) is 6.27. The topological polar surface area (TPSA) is 86.6 Å². The lowest BCUT2D eigenvalue weighted by atomic mass is 10.1. The average Bonchev–Trinajstić information content (AvgIpc) is 3.50. The normalized spacial score (nSPS) is 14.6. The fourth-order valence-corrected chi connectivity index (χ4v) is 4.45. The Morgan fingerprint density at radius 3 is 2.86 bits per heavy atom. The second-order valence-electron chi connectivity index (χ2n) is 8.98. The van der Waals surface area contributed by atoms with Gasteiger partial charge in [0.25, 0.3) is 5.91 Å². The summed E-state index contributed by atoms with van der Waals surface area (Å²) >= 11 is 0. The molecule has 0 atom stereocenters. The van der Waals surface area contributed by atoms with Crippen molar-refractivity contribution in [3.8, 4) is 0 Å². The molecule has 4 aromatic rings. The Hall–Kier alpha value is -3.46. The van der Waals surface area contributed by atoms with E-state index in [1.54, 1.807) is 0 Å². The van der Waals surface area contributed by atoms with E-state index in [9.17, 15) is 4.79 Å². The fourth-order valence-electron chi connectivity index (χ4n) is 4.45. The van der Waals surface area contributed by atoms with Crippen molar-refractivity contribution in [3.05, 3.63) is 89.3 Å². The molecule has 1 aliphatic heterocycles. The Morgan fingerprint density at radius 2 is 2.00 bits per heavy atom. The van der Waals surface area contributed by atoms with Crippen molar-refractivity contribution in [1.29, 1.82) is 0 Å². The Balaban J connectivity index is 1.27. The quantitative estimate of drug-likeness (QED) is 0.386. The van der Waals surface area contributed by atoms with Crippen molar-refractivity contribution in [2.75, 3.05) is 32.8 Å². The largest absolute Gasteiger partial charge is 0.447 e. The number of amides is 1. The number of aromatic nitrogens is 2. The summed E-state index contributed by atoms with van der Waals surface area (Å²) < 4.78 is 11.0. The number of benzene rings is 2. The van der Waals surface area contributed by atoms with Crippen molar-refractivity contribution >= 4 is 16.8 Å². The highest BCUT2D eigenvalue weighted by molar-refractivity contribution is 5.91. The van der Waals surface area contributed by atoms with Crippen LogP contribution in [0.2, 0.25) is 0 Å². The Labute approximate surface area is 204 Å². The number of fused-ring (bicyclic) bond motifs is 1. The first-order valence-corrected chi connectivity index (χ1v) is 12.0. The zero-order chi connectivity index (χ0) is 24.0. The van der Waals surface area contributed by atoms with Gasteiger partial charge in [-0.1, -0.05) is 48.0 Å². The van der Waals surface area contributed by atoms with Gasteiger partial charge in [-0.2, -0.15) is 0 Å². The highest BCUT2D eigenvalue weighted by Gasteiger charge is 2.19. The first-order chi connectivity index (χ1) is 17.1. The monoisotopic (exact) mass is 473 g/mol. The first-order valence-electron chi connectivity index (χ1n) is 12.0. The molecule has 1 amide bonds. The minimum atomic E-state index is -0.258. The zero-order valence-electron chi connectivity index (χ0n) is 20.0. The number of carbonyl (C=O) groups is 1. The molecule has 2 aromatic heterocycles. The Bertz CT molecular complexity index is 1270. The SMILES string of the molecule is Cc1cccc(CN(CCc2c[nH]c3ccccc23)Cc2nc(C(=O)NN3CCOCC3)co2)c1. The van der Waals surface area contributed by atoms with Crippen LogP contribution in [0.5, 0.6) is 0 Å². The van der Waals surface area contributed by atoms with Crippen molar-refractivity contribution < 1.29 is 13.9 Å². The summed E-state index contributed by atoms with van der Waals surface area (Å²) in [5.74, 6) is 0.273. The van der Waals surface area contributed by atoms with Crippen LogP contribution in [-0.4, -0.2) is 58.6 Å². The highest BCUT2D eigenvalue weighted by Crippen LogP contribution is 2.20. The van der Waals surface area contributed by atoms with E-state index < -0.39 is 0 Å². The maximum Gasteiger partial charge on any atom is 0.287 e. The minimum Gasteiger partial charge on any atom is -0.447 e. The molecular formula is C27H31N5O3. The number of nitrogens with zero attached hydrogens (tertiary/aromatic N) is 3. The number of hydrogen-bond donors (Lipinski definition) is 2. The Kier molecular flexibility index (Phi) is 7.23. The molecule has 2 aromatic carbocycles. The van der Waals surface area contributed by atoms with E-state index in [0.29, 0.717) is 44.4 Å². The van der Waals surface area contributed by atoms with Crippen LogP contribution >= 0.6 is 0 Å². The van der Waals surface area contributed by atoms with E-state index in [2.05, 4.69) is 75.9 Å². The van der Waals surface area contributed by atoms with Crippen LogP contribution in [0.3, 0.4) is 0 Å². The van der Waals surface area contributed by atoms with Crippen LogP contribution in [0, 0.1) is 6.92 Å². The summed E-state index contributed by atoms with van der Waals surface area (Å²) in [5.41, 5.74) is 8.08. The molecule has 0 spiro atoms. The lowest BCUT2D eigenvalue weighted by molar-refractivity contribution is 0.0124. The number of oxazole rings is 1. The number of morpholine rings is 1. The number of rotatable bonds is 9. The van der Waals surface area contributed by atoms with E-state index >= 15 is 0 Å². The third kappa shape index (κ3) is 5.97. The van der Waals surface area contributed by atoms with E-state index in [-0.39, 0.29) is 5.91 Å². The van der Waals surface area contributed by atoms with Crippen molar-refractivity contribution in [3.63, 3.8) is 0 Å². The molecule has 1 aliphatic rings. The van der Waals surface area contributed by atoms with Gasteiger partial charge in [0.2, 0.25) is 5.89 Å². The molecule has 2 N–H and O–H groups in total. The van der Waals surface area contributed by atoms with Gasteiger partial charge >= 0.3 is 0 Å². The second-order valence-corrected chi connectivity index (χ2v) is 8.98. The molecular weight excluding hydrogens is 442 g/mol. The molecule has 0 unspecified atom stereocenters. The van der Waals surface area contributed by atoms with Crippen molar-refractivity contribution in [2.45, 2.75) is 26.4 Å². The van der Waals surface area contributed by atoms with Crippen LogP contribution in [-0.2, 0) is 24.2 Å². The number of H-pyrrole nitrogens is 1. The predicted molar refractivity (Wildman–Crippen MR) is 134 cm³/mol. The van der Waals surface area contributed by atoms with E-state index in [1.807, 2.05) is 11.1 Å². The molecule has 0 saturated carbocycles. The molecule has 1 saturated heterocycles. The molecule has 0 radical (unpaired) electrons. The highest BCUT2D eigenvalue weighted by atomic mass is 16.5. The summed E-state index contributed by atoms with van der Waals surface area (Å²) in [7, 11) is 0. The first kappa shape index (κ1) is 23.3. The van der Waals surface area contributed by atoms with Crippen LogP contribution in [0.1, 0.15) is 33.1 Å². The minimum absolute atomic E-state index is 0.258. The second kappa shape index (κ2) is 10.9. The van der Waals surface area contributed by atoms with Crippen LogP contribution in [0.15, 0.2) is 65.4 Å². The number of para-hydroxylation sites is 1. The van der Waals surface area contributed by atoms with E-state index in [1.165, 1.54) is 28.3 Å². The van der Waals surface area contributed by atoms with Crippen LogP contribution in [0.4, 0.5) is 0 Å². The number of nitrogens with one attached hydrogen (secondary N) is 2. The van der Waals surface area contributed by atoms with Gasteiger partial charge in [0.05, 0.1) is 19.8 Å². The molecule has 3 heterocycles. The van der Waals surface area contributed by atoms with Gasteiger partial charge in [-0.3, -0.25) is 15.1 Å². The van der Waals surface area contributed by atoms with E-state index in [4.69, 9.17) is 9.15 Å². The predicted octanol–water partition coefficient (Wildman–Crippen LogP) is 3.69. The third-order valence-corrected chi connectivity index (χ3v) is 6.27. The maximum atomic E-state index is 12.6. The van der Waals surface area contributed by atoms with Gasteiger partial charge in [0.15, 0.2) is 5.69 Å². The zero-order valence-corrected chi connectivity index (χ0v) is 20.0. The van der Waals surface area contributed by atoms with Gasteiger partial charge in [-0.05, 0) is 30.5 Å². The molecule has 8 nitrogen and oxygen atoms in total. The van der Waals surface area contributed by atoms with E-state index in [0.717, 1.165) is 25.0 Å². The fraction of sp³-hybridized carbons (Fsp3) is 0.333. The van der Waals surface area contributed by atoms with Crippen LogP contribution in [0.25, 0.3) is 10.9 Å². The average molecular weight is 474 g/mol. The molecule has 5 rings (SSSR count). The molecule has 0 aliphatic carbocycles. The van der Waals surface area contributed by atoms with Gasteiger partial charge in [0.1, 0.15) is 6.26 Å². The summed E-state index contributed by atoms with van der Waals surface area (Å²) in [5, 5.41) is 3.10. The molecule has 1 fully saturated rings. The number of carbonyl (C=O) groups excluding carboxylic acids is 1. The smallest absolute Gasteiger partial charge is 0.287 e. The van der Waals surface area contributed by atoms with Gasteiger partial charge in [-0.15, -0.1) is 0 Å². The standard InChI is InChI=1S/C27H31N5O3/c1-20-5-4-6-21(15-20)17-31(10-9-22-16-28-24-8-3-2-7-23(22)24)18-26-29-25(19-35-26)27(33)30-32-11-13-34-14-12-32/h2-8,15-16,19,28H,9-14,17-18H2,1H3,(H,30,33). The number of ether oxygens (including phenoxy) is 1. The Morgan fingerprint density at radius 1 is 1.14 bits per heavy atom. The molecule has 8 heteroatoms. The number of hydrogen-bond acceptors (Lipinski definition) is 6. The van der Waals surface area contributed by atoms with Gasteiger partial charge in [-0.25, -0.2) is 9.99 Å². The van der Waals surface area contributed by atoms with Crippen LogP contribution < -0.4 is 5.43 Å². The summed E-state index contributed by atoms with van der Waals surface area (Å²) in [6, 6.07) is 16.9. The maximum absolute atomic E-state index is 12.6. The number of aryl methyl sites for hydroxylation is 1. The molecule has 182 valence electrons. The number of hydrazine groups is 1. The number of aromatic amines is 1. The van der Waals surface area contributed by atoms with Crippen molar-refractivity contribution in [2.24, 2.45) is 0 Å². The van der Waals surface area contributed by atoms with Gasteiger partial charge in [0, 0.05) is 43.3 Å².